The molecule has 0 spiro atoms. The molecule has 0 aromatic carbocycles. The third-order valence-electron chi connectivity index (χ3n) is 2.37. The van der Waals surface area contributed by atoms with Gasteiger partial charge in [0.1, 0.15) is 5.60 Å². The standard InChI is InChI=1S/C8H16O3/c1-3-5-6(9)8(4-2)7(10)11-8/h6-7,9-10H,3-5H2,1-2H3. The van der Waals surface area contributed by atoms with Gasteiger partial charge in [-0.05, 0) is 12.8 Å². The Morgan fingerprint density at radius 1 is 1.55 bits per heavy atom. The predicted molar refractivity (Wildman–Crippen MR) is 41.0 cm³/mol. The van der Waals surface area contributed by atoms with Gasteiger partial charge in [0.2, 0.25) is 0 Å². The second-order valence-corrected chi connectivity index (χ2v) is 3.08. The van der Waals surface area contributed by atoms with Gasteiger partial charge in [0.15, 0.2) is 6.29 Å². The lowest BCUT2D eigenvalue weighted by molar-refractivity contribution is 0.0646. The van der Waals surface area contributed by atoms with Crippen LogP contribution in [0.2, 0.25) is 0 Å². The number of aliphatic hydroxyl groups excluding tert-OH is 2. The maximum absolute atomic E-state index is 9.52. The lowest BCUT2D eigenvalue weighted by Crippen LogP contribution is -2.31. The van der Waals surface area contributed by atoms with Gasteiger partial charge in [-0.1, -0.05) is 20.3 Å². The molecule has 0 bridgehead atoms. The van der Waals surface area contributed by atoms with Crippen LogP contribution in [0.15, 0.2) is 0 Å². The number of rotatable bonds is 4. The molecule has 2 N–H and O–H groups in total. The molecule has 3 unspecified atom stereocenters. The molecule has 0 saturated carbocycles. The van der Waals surface area contributed by atoms with Gasteiger partial charge >= 0.3 is 0 Å². The molecule has 1 aliphatic rings. The van der Waals surface area contributed by atoms with Crippen molar-refractivity contribution in [2.24, 2.45) is 0 Å². The Bertz CT molecular complexity index is 133. The SMILES string of the molecule is CCCC(O)C1(CC)OC1O. The highest BCUT2D eigenvalue weighted by atomic mass is 16.7. The molecule has 3 atom stereocenters. The molecule has 0 radical (unpaired) electrons. The summed E-state index contributed by atoms with van der Waals surface area (Å²) in [6.45, 7) is 3.91. The summed E-state index contributed by atoms with van der Waals surface area (Å²) < 4.78 is 4.97. The predicted octanol–water partition coefficient (Wildman–Crippen LogP) is 0.645. The van der Waals surface area contributed by atoms with Gasteiger partial charge in [-0.15, -0.1) is 0 Å². The van der Waals surface area contributed by atoms with Crippen molar-refractivity contribution >= 4 is 0 Å². The third-order valence-corrected chi connectivity index (χ3v) is 2.37. The minimum absolute atomic E-state index is 0.507. The third kappa shape index (κ3) is 1.41. The zero-order valence-electron chi connectivity index (χ0n) is 7.08. The first kappa shape index (κ1) is 8.97. The summed E-state index contributed by atoms with van der Waals surface area (Å²) in [5.74, 6) is 0. The molecular weight excluding hydrogens is 144 g/mol. The molecular formula is C8H16O3. The summed E-state index contributed by atoms with van der Waals surface area (Å²) in [6, 6.07) is 0. The Kier molecular flexibility index (Phi) is 2.52. The number of hydrogen-bond acceptors (Lipinski definition) is 3. The topological polar surface area (TPSA) is 53.0 Å². The van der Waals surface area contributed by atoms with E-state index in [1.165, 1.54) is 0 Å². The molecule has 1 heterocycles. The van der Waals surface area contributed by atoms with Crippen LogP contribution in [0.4, 0.5) is 0 Å². The van der Waals surface area contributed by atoms with E-state index >= 15 is 0 Å². The summed E-state index contributed by atoms with van der Waals surface area (Å²) >= 11 is 0. The summed E-state index contributed by atoms with van der Waals surface area (Å²) in [5, 5.41) is 18.6. The molecule has 1 saturated heterocycles. The average molecular weight is 160 g/mol. The highest BCUT2D eigenvalue weighted by molar-refractivity contribution is 5.01. The molecule has 0 aromatic heterocycles. The normalized spacial score (nSPS) is 38.7. The Balaban J connectivity index is 2.44. The van der Waals surface area contributed by atoms with Crippen LogP contribution in [0.1, 0.15) is 33.1 Å². The van der Waals surface area contributed by atoms with E-state index in [2.05, 4.69) is 0 Å². The van der Waals surface area contributed by atoms with Crippen molar-refractivity contribution in [2.45, 2.75) is 51.1 Å². The van der Waals surface area contributed by atoms with E-state index in [-0.39, 0.29) is 0 Å². The van der Waals surface area contributed by atoms with Gasteiger partial charge in [-0.25, -0.2) is 0 Å². The first-order valence-corrected chi connectivity index (χ1v) is 4.21. The first-order chi connectivity index (χ1) is 5.17. The number of epoxide rings is 1. The van der Waals surface area contributed by atoms with Crippen molar-refractivity contribution in [1.29, 1.82) is 0 Å². The molecule has 66 valence electrons. The summed E-state index contributed by atoms with van der Waals surface area (Å²) in [4.78, 5) is 0. The van der Waals surface area contributed by atoms with Crippen LogP contribution in [0.3, 0.4) is 0 Å². The van der Waals surface area contributed by atoms with E-state index in [0.717, 1.165) is 6.42 Å². The fourth-order valence-electron chi connectivity index (χ4n) is 1.43. The van der Waals surface area contributed by atoms with Crippen molar-refractivity contribution in [3.63, 3.8) is 0 Å². The smallest absolute Gasteiger partial charge is 0.187 e. The van der Waals surface area contributed by atoms with Gasteiger partial charge in [-0.3, -0.25) is 0 Å². The van der Waals surface area contributed by atoms with Crippen LogP contribution in [0, 0.1) is 0 Å². The average Bonchev–Trinajstić information content (AvgIpc) is 2.63. The largest absolute Gasteiger partial charge is 0.390 e. The van der Waals surface area contributed by atoms with Crippen LogP contribution in [-0.4, -0.2) is 28.2 Å². The van der Waals surface area contributed by atoms with Crippen molar-refractivity contribution < 1.29 is 14.9 Å². The van der Waals surface area contributed by atoms with E-state index < -0.39 is 18.0 Å². The fourth-order valence-corrected chi connectivity index (χ4v) is 1.43. The van der Waals surface area contributed by atoms with Crippen molar-refractivity contribution in [3.8, 4) is 0 Å². The maximum atomic E-state index is 9.52. The second-order valence-electron chi connectivity index (χ2n) is 3.08. The van der Waals surface area contributed by atoms with Gasteiger partial charge in [0.25, 0.3) is 0 Å². The van der Waals surface area contributed by atoms with E-state index in [1.54, 1.807) is 0 Å². The number of aliphatic hydroxyl groups is 2. The number of ether oxygens (including phenoxy) is 1. The molecule has 0 aromatic rings. The van der Waals surface area contributed by atoms with Gasteiger partial charge in [-0.2, -0.15) is 0 Å². The van der Waals surface area contributed by atoms with Crippen LogP contribution in [0.5, 0.6) is 0 Å². The lowest BCUT2D eigenvalue weighted by atomic mass is 9.96. The zero-order chi connectivity index (χ0) is 8.48. The maximum Gasteiger partial charge on any atom is 0.187 e. The summed E-state index contributed by atoms with van der Waals surface area (Å²) in [7, 11) is 0. The van der Waals surface area contributed by atoms with Crippen molar-refractivity contribution in [3.05, 3.63) is 0 Å². The minimum Gasteiger partial charge on any atom is -0.390 e. The Labute approximate surface area is 67.0 Å². The lowest BCUT2D eigenvalue weighted by Gasteiger charge is -2.15. The molecule has 3 nitrogen and oxygen atoms in total. The monoisotopic (exact) mass is 160 g/mol. The molecule has 0 aliphatic carbocycles. The molecule has 1 aliphatic heterocycles. The van der Waals surface area contributed by atoms with Crippen molar-refractivity contribution in [2.75, 3.05) is 0 Å². The summed E-state index contributed by atoms with van der Waals surface area (Å²) in [6.07, 6.45) is 1.04. The highest BCUT2D eigenvalue weighted by Gasteiger charge is 2.59. The first-order valence-electron chi connectivity index (χ1n) is 4.21. The van der Waals surface area contributed by atoms with E-state index in [9.17, 15) is 5.11 Å². The van der Waals surface area contributed by atoms with E-state index in [4.69, 9.17) is 9.84 Å². The summed E-state index contributed by atoms with van der Waals surface area (Å²) in [5.41, 5.74) is -0.629. The van der Waals surface area contributed by atoms with Crippen LogP contribution >= 0.6 is 0 Å². The zero-order valence-corrected chi connectivity index (χ0v) is 7.08. The molecule has 1 fully saturated rings. The van der Waals surface area contributed by atoms with Crippen LogP contribution in [-0.2, 0) is 4.74 Å². The molecule has 3 heteroatoms. The van der Waals surface area contributed by atoms with Crippen LogP contribution in [0.25, 0.3) is 0 Å². The molecule has 1 rings (SSSR count). The second kappa shape index (κ2) is 3.09. The van der Waals surface area contributed by atoms with E-state index in [1.807, 2.05) is 13.8 Å². The number of hydrogen-bond donors (Lipinski definition) is 2. The quantitative estimate of drug-likeness (QED) is 0.593. The highest BCUT2D eigenvalue weighted by Crippen LogP contribution is 2.42. The fraction of sp³-hybridized carbons (Fsp3) is 1.00. The minimum atomic E-state index is -0.742. The van der Waals surface area contributed by atoms with Crippen LogP contribution < -0.4 is 0 Å². The Hall–Kier alpha value is -0.120. The Morgan fingerprint density at radius 3 is 2.36 bits per heavy atom. The molecule has 11 heavy (non-hydrogen) atoms. The Morgan fingerprint density at radius 2 is 2.09 bits per heavy atom. The van der Waals surface area contributed by atoms with Gasteiger partial charge in [0.05, 0.1) is 6.10 Å². The van der Waals surface area contributed by atoms with Crippen molar-refractivity contribution in [1.82, 2.24) is 0 Å². The van der Waals surface area contributed by atoms with Gasteiger partial charge < -0.3 is 14.9 Å². The molecule has 0 amide bonds. The van der Waals surface area contributed by atoms with Gasteiger partial charge in [0, 0.05) is 0 Å². The van der Waals surface area contributed by atoms with E-state index in [0.29, 0.717) is 12.8 Å².